The smallest absolute Gasteiger partial charge is 0.191 e. The Hall–Kier alpha value is -1.08. The normalized spacial score (nSPS) is 12.4. The van der Waals surface area contributed by atoms with Gasteiger partial charge in [0.05, 0.1) is 12.3 Å². The molecular weight excluding hydrogens is 306 g/mol. The molecule has 1 aromatic heterocycles. The first-order valence-electron chi connectivity index (χ1n) is 7.30. The van der Waals surface area contributed by atoms with Crippen molar-refractivity contribution in [3.05, 3.63) is 21.9 Å². The molecule has 0 amide bonds. The Balaban J connectivity index is 2.53. The number of nitrogens with zero attached hydrogens (tertiary/aromatic N) is 1. The van der Waals surface area contributed by atoms with E-state index < -0.39 is 9.84 Å². The molecule has 7 heteroatoms. The lowest BCUT2D eigenvalue weighted by Gasteiger charge is -2.10. The minimum atomic E-state index is -2.94. The quantitative estimate of drug-likeness (QED) is 0.563. The molecule has 0 unspecified atom stereocenters. The molecule has 0 aliphatic carbocycles. The highest BCUT2D eigenvalue weighted by atomic mass is 32.2. The highest BCUT2D eigenvalue weighted by molar-refractivity contribution is 7.91. The Morgan fingerprint density at radius 1 is 1.19 bits per heavy atom. The standard InChI is InChI=1S/C14H25N3O2S2/c1-4-12-7-8-13(20-12)11-17-14(15-5-2)16-9-10-21(18,19)6-3/h7-8H,4-6,9-11H2,1-3H3,(H2,15,16,17). The fraction of sp³-hybridized carbons (Fsp3) is 0.643. The third kappa shape index (κ3) is 6.95. The zero-order valence-corrected chi connectivity index (χ0v) is 14.6. The number of sulfone groups is 1. The van der Waals surface area contributed by atoms with Crippen molar-refractivity contribution >= 4 is 27.1 Å². The number of hydrogen-bond acceptors (Lipinski definition) is 4. The Bertz CT molecular complexity index is 550. The van der Waals surface area contributed by atoms with E-state index in [9.17, 15) is 8.42 Å². The molecule has 0 saturated carbocycles. The third-order valence-electron chi connectivity index (χ3n) is 2.95. The van der Waals surface area contributed by atoms with Crippen molar-refractivity contribution in [1.82, 2.24) is 10.6 Å². The van der Waals surface area contributed by atoms with E-state index in [4.69, 9.17) is 0 Å². The first kappa shape index (κ1) is 18.0. The molecule has 0 atom stereocenters. The number of aliphatic imine (C=N–C) groups is 1. The molecule has 5 nitrogen and oxygen atoms in total. The van der Waals surface area contributed by atoms with Gasteiger partial charge in [-0.2, -0.15) is 0 Å². The highest BCUT2D eigenvalue weighted by Gasteiger charge is 2.07. The van der Waals surface area contributed by atoms with Gasteiger partial charge in [0.1, 0.15) is 0 Å². The van der Waals surface area contributed by atoms with E-state index in [0.717, 1.165) is 13.0 Å². The lowest BCUT2D eigenvalue weighted by molar-refractivity contribution is 0.595. The second kappa shape index (κ2) is 9.04. The molecule has 0 saturated heterocycles. The van der Waals surface area contributed by atoms with Crippen LogP contribution in [-0.4, -0.2) is 39.0 Å². The first-order chi connectivity index (χ1) is 10.0. The van der Waals surface area contributed by atoms with E-state index in [1.54, 1.807) is 18.3 Å². The minimum Gasteiger partial charge on any atom is -0.357 e. The van der Waals surface area contributed by atoms with Crippen LogP contribution in [0.5, 0.6) is 0 Å². The van der Waals surface area contributed by atoms with Crippen molar-refractivity contribution in [1.29, 1.82) is 0 Å². The second-order valence-corrected chi connectivity index (χ2v) is 8.31. The Morgan fingerprint density at radius 2 is 1.90 bits per heavy atom. The fourth-order valence-electron chi connectivity index (χ4n) is 1.67. The molecule has 0 aliphatic rings. The van der Waals surface area contributed by atoms with Crippen LogP contribution < -0.4 is 10.6 Å². The van der Waals surface area contributed by atoms with Crippen molar-refractivity contribution < 1.29 is 8.42 Å². The van der Waals surface area contributed by atoms with Crippen LogP contribution in [0.4, 0.5) is 0 Å². The summed E-state index contributed by atoms with van der Waals surface area (Å²) in [4.78, 5) is 7.05. The van der Waals surface area contributed by atoms with E-state index >= 15 is 0 Å². The summed E-state index contributed by atoms with van der Waals surface area (Å²) < 4.78 is 22.9. The lowest BCUT2D eigenvalue weighted by atomic mass is 10.4. The Morgan fingerprint density at radius 3 is 2.48 bits per heavy atom. The number of nitrogens with one attached hydrogen (secondary N) is 2. The average molecular weight is 332 g/mol. The first-order valence-corrected chi connectivity index (χ1v) is 9.94. The summed E-state index contributed by atoms with van der Waals surface area (Å²) in [7, 11) is -2.94. The molecule has 1 rings (SSSR count). The summed E-state index contributed by atoms with van der Waals surface area (Å²) in [5, 5.41) is 6.19. The van der Waals surface area contributed by atoms with Gasteiger partial charge in [-0.15, -0.1) is 11.3 Å². The Kier molecular flexibility index (Phi) is 7.74. The SMILES string of the molecule is CCNC(=NCc1ccc(CC)s1)NCCS(=O)(=O)CC. The van der Waals surface area contributed by atoms with Crippen molar-refractivity contribution in [2.24, 2.45) is 4.99 Å². The topological polar surface area (TPSA) is 70.6 Å². The summed E-state index contributed by atoms with van der Waals surface area (Å²) in [6, 6.07) is 4.22. The summed E-state index contributed by atoms with van der Waals surface area (Å²) in [6.45, 7) is 7.53. The molecule has 0 spiro atoms. The predicted molar refractivity (Wildman–Crippen MR) is 90.8 cm³/mol. The zero-order valence-electron chi connectivity index (χ0n) is 13.0. The van der Waals surface area contributed by atoms with E-state index in [1.165, 1.54) is 9.75 Å². The summed E-state index contributed by atoms with van der Waals surface area (Å²) >= 11 is 1.77. The minimum absolute atomic E-state index is 0.132. The molecule has 1 heterocycles. The monoisotopic (exact) mass is 331 g/mol. The molecule has 0 fully saturated rings. The van der Waals surface area contributed by atoms with Crippen LogP contribution in [0.2, 0.25) is 0 Å². The largest absolute Gasteiger partial charge is 0.357 e. The number of rotatable bonds is 8. The Labute approximate surface area is 131 Å². The zero-order chi connectivity index (χ0) is 15.7. The van der Waals surface area contributed by atoms with Gasteiger partial charge in [0, 0.05) is 28.6 Å². The maximum absolute atomic E-state index is 11.5. The van der Waals surface area contributed by atoms with Crippen LogP contribution in [0.1, 0.15) is 30.5 Å². The molecule has 0 aliphatic heterocycles. The van der Waals surface area contributed by atoms with Crippen molar-refractivity contribution in [3.8, 4) is 0 Å². The van der Waals surface area contributed by atoms with Gasteiger partial charge in [-0.3, -0.25) is 0 Å². The molecule has 21 heavy (non-hydrogen) atoms. The summed E-state index contributed by atoms with van der Waals surface area (Å²) in [5.41, 5.74) is 0. The van der Waals surface area contributed by atoms with E-state index in [1.807, 2.05) is 6.92 Å². The third-order valence-corrected chi connectivity index (χ3v) is 5.87. The van der Waals surface area contributed by atoms with Crippen LogP contribution in [0.25, 0.3) is 0 Å². The summed E-state index contributed by atoms with van der Waals surface area (Å²) in [6.07, 6.45) is 1.04. The number of aryl methyl sites for hydroxylation is 1. The number of guanidine groups is 1. The second-order valence-electron chi connectivity index (χ2n) is 4.58. The van der Waals surface area contributed by atoms with Gasteiger partial charge in [-0.25, -0.2) is 13.4 Å². The van der Waals surface area contributed by atoms with E-state index in [0.29, 0.717) is 19.0 Å². The lowest BCUT2D eigenvalue weighted by Crippen LogP contribution is -2.39. The van der Waals surface area contributed by atoms with Crippen molar-refractivity contribution in [2.75, 3.05) is 24.6 Å². The van der Waals surface area contributed by atoms with Gasteiger partial charge in [-0.1, -0.05) is 13.8 Å². The van der Waals surface area contributed by atoms with Crippen LogP contribution >= 0.6 is 11.3 Å². The van der Waals surface area contributed by atoms with E-state index in [-0.39, 0.29) is 11.5 Å². The molecule has 0 radical (unpaired) electrons. The van der Waals surface area contributed by atoms with Crippen molar-refractivity contribution in [2.45, 2.75) is 33.7 Å². The number of thiophene rings is 1. The van der Waals surface area contributed by atoms with Gasteiger partial charge >= 0.3 is 0 Å². The van der Waals surface area contributed by atoms with Crippen molar-refractivity contribution in [3.63, 3.8) is 0 Å². The summed E-state index contributed by atoms with van der Waals surface area (Å²) in [5.74, 6) is 0.972. The number of hydrogen-bond donors (Lipinski definition) is 2. The maximum atomic E-state index is 11.5. The van der Waals surface area contributed by atoms with Gasteiger partial charge in [0.15, 0.2) is 15.8 Å². The van der Waals surface area contributed by atoms with Crippen LogP contribution in [0, 0.1) is 0 Å². The van der Waals surface area contributed by atoms with Gasteiger partial charge in [0.25, 0.3) is 0 Å². The van der Waals surface area contributed by atoms with Gasteiger partial charge in [0.2, 0.25) is 0 Å². The maximum Gasteiger partial charge on any atom is 0.191 e. The molecule has 1 aromatic rings. The predicted octanol–water partition coefficient (Wildman–Crippen LogP) is 1.80. The fourth-order valence-corrected chi connectivity index (χ4v) is 3.25. The van der Waals surface area contributed by atoms with Crippen LogP contribution in [0.15, 0.2) is 17.1 Å². The van der Waals surface area contributed by atoms with Crippen LogP contribution in [0.3, 0.4) is 0 Å². The van der Waals surface area contributed by atoms with E-state index in [2.05, 4.69) is 34.7 Å². The average Bonchev–Trinajstić information content (AvgIpc) is 2.92. The van der Waals surface area contributed by atoms with Gasteiger partial charge < -0.3 is 10.6 Å². The van der Waals surface area contributed by atoms with Crippen LogP contribution in [-0.2, 0) is 22.8 Å². The van der Waals surface area contributed by atoms with Gasteiger partial charge in [-0.05, 0) is 25.5 Å². The molecule has 0 bridgehead atoms. The highest BCUT2D eigenvalue weighted by Crippen LogP contribution is 2.17. The molecular formula is C14H25N3O2S2. The molecule has 0 aromatic carbocycles. The molecule has 2 N–H and O–H groups in total. The molecule has 120 valence electrons.